The minimum atomic E-state index is -2.15. The second-order valence-corrected chi connectivity index (χ2v) is 6.92. The van der Waals surface area contributed by atoms with E-state index in [4.69, 9.17) is 9.47 Å². The van der Waals surface area contributed by atoms with Crippen molar-refractivity contribution in [2.75, 3.05) is 13.2 Å². The zero-order chi connectivity index (χ0) is 20.1. The Kier molecular flexibility index (Phi) is 12.5. The van der Waals surface area contributed by atoms with E-state index in [0.29, 0.717) is 25.7 Å². The van der Waals surface area contributed by atoms with Gasteiger partial charge in [-0.05, 0) is 25.7 Å². The Labute approximate surface area is 158 Å². The van der Waals surface area contributed by atoms with Crippen molar-refractivity contribution in [1.29, 1.82) is 0 Å². The molecule has 154 valence electrons. The maximum atomic E-state index is 12.4. The molecule has 6 nitrogen and oxygen atoms in total. The largest absolute Gasteiger partial charge is 0.481 e. The minimum Gasteiger partial charge on any atom is -0.481 e. The lowest BCUT2D eigenvalue weighted by atomic mass is 9.70. The molecule has 0 aliphatic carbocycles. The van der Waals surface area contributed by atoms with Crippen LogP contribution in [0.3, 0.4) is 0 Å². The van der Waals surface area contributed by atoms with Crippen LogP contribution in [0.1, 0.15) is 91.9 Å². The fourth-order valence-electron chi connectivity index (χ4n) is 3.13. The molecule has 0 aliphatic rings. The predicted octanol–water partition coefficient (Wildman–Crippen LogP) is 4.85. The van der Waals surface area contributed by atoms with Crippen LogP contribution < -0.4 is 0 Å². The molecular formula is C20H38O6. The van der Waals surface area contributed by atoms with Crippen LogP contribution in [-0.2, 0) is 19.1 Å². The second-order valence-electron chi connectivity index (χ2n) is 6.92. The first kappa shape index (κ1) is 24.9. The van der Waals surface area contributed by atoms with Crippen LogP contribution in [0.2, 0.25) is 0 Å². The van der Waals surface area contributed by atoms with E-state index in [1.807, 2.05) is 27.7 Å². The first-order valence-corrected chi connectivity index (χ1v) is 10.1. The van der Waals surface area contributed by atoms with E-state index in [0.717, 1.165) is 25.7 Å². The van der Waals surface area contributed by atoms with Crippen LogP contribution in [0, 0.1) is 5.41 Å². The van der Waals surface area contributed by atoms with Gasteiger partial charge < -0.3 is 19.7 Å². The van der Waals surface area contributed by atoms with Crippen molar-refractivity contribution in [2.45, 2.75) is 97.7 Å². The number of hydrogen-bond acceptors (Lipinski definition) is 4. The second kappa shape index (κ2) is 13.1. The van der Waals surface area contributed by atoms with Gasteiger partial charge in [-0.3, -0.25) is 4.79 Å². The van der Waals surface area contributed by atoms with Gasteiger partial charge in [-0.1, -0.05) is 66.2 Å². The van der Waals surface area contributed by atoms with Gasteiger partial charge in [0.15, 0.2) is 0 Å². The quantitative estimate of drug-likeness (QED) is 0.279. The molecule has 2 N–H and O–H groups in total. The first-order chi connectivity index (χ1) is 12.4. The number of rotatable bonds is 17. The van der Waals surface area contributed by atoms with Gasteiger partial charge in [0.25, 0.3) is 5.79 Å². The van der Waals surface area contributed by atoms with Crippen LogP contribution >= 0.6 is 0 Å². The van der Waals surface area contributed by atoms with E-state index in [2.05, 4.69) is 0 Å². The van der Waals surface area contributed by atoms with Crippen molar-refractivity contribution >= 4 is 11.9 Å². The van der Waals surface area contributed by atoms with Crippen LogP contribution in [0.4, 0.5) is 0 Å². The van der Waals surface area contributed by atoms with Crippen LogP contribution in [0.5, 0.6) is 0 Å². The zero-order valence-corrected chi connectivity index (χ0v) is 17.0. The summed E-state index contributed by atoms with van der Waals surface area (Å²) in [6.07, 6.45) is 6.20. The van der Waals surface area contributed by atoms with Crippen molar-refractivity contribution in [3.63, 3.8) is 0 Å². The zero-order valence-electron chi connectivity index (χ0n) is 17.0. The Bertz CT molecular complexity index is 389. The van der Waals surface area contributed by atoms with E-state index in [1.165, 1.54) is 0 Å². The number of hydrogen-bond donors (Lipinski definition) is 2. The Hall–Kier alpha value is -1.14. The molecule has 0 saturated heterocycles. The minimum absolute atomic E-state index is 0.169. The van der Waals surface area contributed by atoms with Gasteiger partial charge >= 0.3 is 11.9 Å². The normalized spacial score (nSPS) is 12.3. The lowest BCUT2D eigenvalue weighted by Gasteiger charge is -2.44. The van der Waals surface area contributed by atoms with Gasteiger partial charge in [-0.2, -0.15) is 0 Å². The van der Waals surface area contributed by atoms with E-state index in [9.17, 15) is 19.8 Å². The Morgan fingerprint density at radius 1 is 0.692 bits per heavy atom. The summed E-state index contributed by atoms with van der Waals surface area (Å²) in [6, 6.07) is 0. The molecule has 0 spiro atoms. The highest BCUT2D eigenvalue weighted by atomic mass is 16.7. The maximum Gasteiger partial charge on any atom is 0.365 e. The number of carboxylic acids is 2. The van der Waals surface area contributed by atoms with Gasteiger partial charge in [-0.15, -0.1) is 0 Å². The summed E-state index contributed by atoms with van der Waals surface area (Å²) in [7, 11) is 0. The van der Waals surface area contributed by atoms with Crippen molar-refractivity contribution in [2.24, 2.45) is 5.41 Å². The molecule has 6 heteroatoms. The smallest absolute Gasteiger partial charge is 0.365 e. The number of ether oxygens (including phenoxy) is 2. The standard InChI is InChI=1S/C20H38O6/c1-5-9-13-19(17(21)22,14-10-6-2)20(18(23)24,25-15-11-7-3)26-16-12-8-4/h5-16H2,1-4H3,(H,21,22)(H,23,24). The van der Waals surface area contributed by atoms with Crippen molar-refractivity contribution in [1.82, 2.24) is 0 Å². The molecule has 0 aromatic carbocycles. The third-order valence-corrected chi connectivity index (χ3v) is 4.84. The molecule has 0 rings (SSSR count). The predicted molar refractivity (Wildman–Crippen MR) is 101 cm³/mol. The molecule has 0 amide bonds. The van der Waals surface area contributed by atoms with Crippen LogP contribution in [0.15, 0.2) is 0 Å². The van der Waals surface area contributed by atoms with E-state index in [-0.39, 0.29) is 26.1 Å². The molecule has 0 aliphatic heterocycles. The average Bonchev–Trinajstić information content (AvgIpc) is 2.61. The van der Waals surface area contributed by atoms with Gasteiger partial charge in [0, 0.05) is 0 Å². The molecule has 0 fully saturated rings. The third-order valence-electron chi connectivity index (χ3n) is 4.84. The summed E-state index contributed by atoms with van der Waals surface area (Å²) in [4.78, 5) is 24.8. The topological polar surface area (TPSA) is 93.1 Å². The van der Waals surface area contributed by atoms with E-state index >= 15 is 0 Å². The molecular weight excluding hydrogens is 336 g/mol. The number of carboxylic acid groups (broad SMARTS) is 2. The summed E-state index contributed by atoms with van der Waals surface area (Å²) in [5.41, 5.74) is -1.59. The number of carbonyl (C=O) groups is 2. The Morgan fingerprint density at radius 2 is 1.08 bits per heavy atom. The molecule has 0 aromatic rings. The molecule has 0 saturated carbocycles. The highest BCUT2D eigenvalue weighted by Gasteiger charge is 2.63. The summed E-state index contributed by atoms with van der Waals surface area (Å²) in [5, 5.41) is 20.2. The first-order valence-electron chi connectivity index (χ1n) is 10.1. The van der Waals surface area contributed by atoms with Crippen LogP contribution in [-0.4, -0.2) is 41.2 Å². The molecule has 0 atom stereocenters. The van der Waals surface area contributed by atoms with Crippen molar-refractivity contribution < 1.29 is 29.3 Å². The van der Waals surface area contributed by atoms with Gasteiger partial charge in [-0.25, -0.2) is 4.79 Å². The molecule has 26 heavy (non-hydrogen) atoms. The highest BCUT2D eigenvalue weighted by molar-refractivity contribution is 5.87. The number of aliphatic carboxylic acids is 2. The fourth-order valence-corrected chi connectivity index (χ4v) is 3.13. The van der Waals surface area contributed by atoms with Gasteiger partial charge in [0.2, 0.25) is 0 Å². The number of unbranched alkanes of at least 4 members (excludes halogenated alkanes) is 4. The molecule has 0 bridgehead atoms. The lowest BCUT2D eigenvalue weighted by Crippen LogP contribution is -2.62. The molecule has 0 aromatic heterocycles. The van der Waals surface area contributed by atoms with Gasteiger partial charge in [0.05, 0.1) is 13.2 Å². The van der Waals surface area contributed by atoms with Crippen molar-refractivity contribution in [3.05, 3.63) is 0 Å². The van der Waals surface area contributed by atoms with Crippen LogP contribution in [0.25, 0.3) is 0 Å². The maximum absolute atomic E-state index is 12.4. The summed E-state index contributed by atoms with van der Waals surface area (Å²) < 4.78 is 11.6. The lowest BCUT2D eigenvalue weighted by molar-refractivity contribution is -0.294. The highest BCUT2D eigenvalue weighted by Crippen LogP contribution is 2.46. The Balaban J connectivity index is 6.11. The van der Waals surface area contributed by atoms with E-state index in [1.54, 1.807) is 0 Å². The Morgan fingerprint density at radius 3 is 1.35 bits per heavy atom. The summed E-state index contributed by atoms with van der Waals surface area (Å²) >= 11 is 0. The fraction of sp³-hybridized carbons (Fsp3) is 0.900. The average molecular weight is 375 g/mol. The third kappa shape index (κ3) is 6.23. The molecule has 0 unspecified atom stereocenters. The molecule has 0 heterocycles. The summed E-state index contributed by atoms with van der Waals surface area (Å²) in [5.74, 6) is -4.62. The van der Waals surface area contributed by atoms with Gasteiger partial charge in [0.1, 0.15) is 5.41 Å². The molecule has 0 radical (unpaired) electrons. The van der Waals surface area contributed by atoms with E-state index < -0.39 is 23.1 Å². The summed E-state index contributed by atoms with van der Waals surface area (Å²) in [6.45, 7) is 8.21. The van der Waals surface area contributed by atoms with Crippen molar-refractivity contribution in [3.8, 4) is 0 Å². The SMILES string of the molecule is CCCCOC(OCCCC)(C(=O)O)C(CCCC)(CCCC)C(=O)O. The monoisotopic (exact) mass is 374 g/mol.